The Balaban J connectivity index is 1.76. The molecule has 1 heterocycles. The van der Waals surface area contributed by atoms with Gasteiger partial charge in [-0.15, -0.1) is 0 Å². The van der Waals surface area contributed by atoms with Gasteiger partial charge in [0.25, 0.3) is 5.91 Å². The lowest BCUT2D eigenvalue weighted by Crippen LogP contribution is -2.35. The minimum absolute atomic E-state index is 0.00209. The Labute approximate surface area is 142 Å². The van der Waals surface area contributed by atoms with Crippen LogP contribution in [-0.4, -0.2) is 48.4 Å². The molecule has 0 spiro atoms. The standard InChI is InChI=1S/C18H24N2O4/c1-13(2)19-16(21)12-24-18(23)15-10-17(22)20(11-15)9-8-14-6-4-3-5-7-14/h3-7,13,15H,8-12H2,1-2H3,(H,19,21)/t15-/m1/s1. The highest BCUT2D eigenvalue weighted by molar-refractivity contribution is 5.88. The molecule has 1 saturated heterocycles. The smallest absolute Gasteiger partial charge is 0.311 e. The predicted molar refractivity (Wildman–Crippen MR) is 89.1 cm³/mol. The highest BCUT2D eigenvalue weighted by atomic mass is 16.5. The van der Waals surface area contributed by atoms with Gasteiger partial charge in [0.2, 0.25) is 5.91 Å². The van der Waals surface area contributed by atoms with Crippen LogP contribution in [0.4, 0.5) is 0 Å². The molecule has 0 bridgehead atoms. The molecule has 1 aliphatic rings. The molecule has 2 rings (SSSR count). The fourth-order valence-electron chi connectivity index (χ4n) is 2.67. The van der Waals surface area contributed by atoms with Crippen molar-refractivity contribution in [3.05, 3.63) is 35.9 Å². The maximum Gasteiger partial charge on any atom is 0.311 e. The van der Waals surface area contributed by atoms with Crippen LogP contribution in [-0.2, 0) is 25.5 Å². The lowest BCUT2D eigenvalue weighted by atomic mass is 10.1. The van der Waals surface area contributed by atoms with Crippen molar-refractivity contribution < 1.29 is 19.1 Å². The Bertz CT molecular complexity index is 586. The number of benzene rings is 1. The van der Waals surface area contributed by atoms with Gasteiger partial charge in [-0.1, -0.05) is 30.3 Å². The van der Waals surface area contributed by atoms with Crippen molar-refractivity contribution in [2.24, 2.45) is 5.92 Å². The normalized spacial score (nSPS) is 17.2. The van der Waals surface area contributed by atoms with Gasteiger partial charge in [0.15, 0.2) is 6.61 Å². The summed E-state index contributed by atoms with van der Waals surface area (Å²) >= 11 is 0. The fraction of sp³-hybridized carbons (Fsp3) is 0.500. The zero-order valence-corrected chi connectivity index (χ0v) is 14.2. The maximum absolute atomic E-state index is 12.0. The number of hydrogen-bond donors (Lipinski definition) is 1. The Morgan fingerprint density at radius 2 is 2.00 bits per heavy atom. The van der Waals surface area contributed by atoms with Gasteiger partial charge in [0, 0.05) is 25.6 Å². The minimum Gasteiger partial charge on any atom is -0.455 e. The molecule has 0 aliphatic carbocycles. The molecular weight excluding hydrogens is 308 g/mol. The second-order valence-corrected chi connectivity index (χ2v) is 6.31. The predicted octanol–water partition coefficient (Wildman–Crippen LogP) is 1.15. The van der Waals surface area contributed by atoms with Crippen molar-refractivity contribution in [3.63, 3.8) is 0 Å². The third-order valence-electron chi connectivity index (χ3n) is 3.86. The summed E-state index contributed by atoms with van der Waals surface area (Å²) in [5, 5.41) is 2.65. The lowest BCUT2D eigenvalue weighted by Gasteiger charge is -2.16. The van der Waals surface area contributed by atoms with Crippen LogP contribution in [0.3, 0.4) is 0 Å². The van der Waals surface area contributed by atoms with Gasteiger partial charge in [-0.2, -0.15) is 0 Å². The molecular formula is C18H24N2O4. The Morgan fingerprint density at radius 3 is 2.67 bits per heavy atom. The van der Waals surface area contributed by atoms with Crippen LogP contribution in [0.2, 0.25) is 0 Å². The molecule has 1 N–H and O–H groups in total. The average Bonchev–Trinajstić information content (AvgIpc) is 2.92. The molecule has 2 amide bonds. The molecule has 24 heavy (non-hydrogen) atoms. The van der Waals surface area contributed by atoms with E-state index in [2.05, 4.69) is 5.32 Å². The first-order chi connectivity index (χ1) is 11.5. The second-order valence-electron chi connectivity index (χ2n) is 6.31. The number of rotatable bonds is 7. The summed E-state index contributed by atoms with van der Waals surface area (Å²) in [5.74, 6) is -1.34. The van der Waals surface area contributed by atoms with Gasteiger partial charge in [-0.25, -0.2) is 0 Å². The van der Waals surface area contributed by atoms with E-state index in [4.69, 9.17) is 4.74 Å². The molecule has 0 aromatic heterocycles. The van der Waals surface area contributed by atoms with E-state index < -0.39 is 11.9 Å². The fourth-order valence-corrected chi connectivity index (χ4v) is 2.67. The quantitative estimate of drug-likeness (QED) is 0.760. The summed E-state index contributed by atoms with van der Waals surface area (Å²) in [6.45, 7) is 4.31. The molecule has 1 aliphatic heterocycles. The van der Waals surface area contributed by atoms with Crippen molar-refractivity contribution in [1.82, 2.24) is 10.2 Å². The van der Waals surface area contributed by atoms with Crippen molar-refractivity contribution >= 4 is 17.8 Å². The summed E-state index contributed by atoms with van der Waals surface area (Å²) in [4.78, 5) is 37.2. The van der Waals surface area contributed by atoms with Crippen LogP contribution in [0.1, 0.15) is 25.8 Å². The van der Waals surface area contributed by atoms with Gasteiger partial charge in [0.05, 0.1) is 5.92 Å². The SMILES string of the molecule is CC(C)NC(=O)COC(=O)[C@@H]1CC(=O)N(CCc2ccccc2)C1. The molecule has 6 nitrogen and oxygen atoms in total. The number of amides is 2. The van der Waals surface area contributed by atoms with Crippen molar-refractivity contribution in [2.75, 3.05) is 19.7 Å². The van der Waals surface area contributed by atoms with Crippen LogP contribution >= 0.6 is 0 Å². The van der Waals surface area contributed by atoms with E-state index in [0.29, 0.717) is 13.1 Å². The van der Waals surface area contributed by atoms with Gasteiger partial charge in [-0.3, -0.25) is 14.4 Å². The van der Waals surface area contributed by atoms with Gasteiger partial charge in [0.1, 0.15) is 0 Å². The number of hydrogen-bond acceptors (Lipinski definition) is 4. The van der Waals surface area contributed by atoms with E-state index in [9.17, 15) is 14.4 Å². The van der Waals surface area contributed by atoms with Crippen LogP contribution in [0.15, 0.2) is 30.3 Å². The van der Waals surface area contributed by atoms with E-state index in [1.165, 1.54) is 0 Å². The van der Waals surface area contributed by atoms with E-state index >= 15 is 0 Å². The highest BCUT2D eigenvalue weighted by Gasteiger charge is 2.35. The first-order valence-corrected chi connectivity index (χ1v) is 8.23. The number of esters is 1. The Hall–Kier alpha value is -2.37. The molecule has 0 saturated carbocycles. The van der Waals surface area contributed by atoms with E-state index in [-0.39, 0.29) is 30.9 Å². The summed E-state index contributed by atoms with van der Waals surface area (Å²) in [5.41, 5.74) is 1.15. The molecule has 1 atom stereocenters. The molecule has 0 unspecified atom stereocenters. The molecule has 130 valence electrons. The summed E-state index contributed by atoms with van der Waals surface area (Å²) in [6.07, 6.45) is 0.907. The van der Waals surface area contributed by atoms with Crippen LogP contribution in [0.25, 0.3) is 0 Å². The summed E-state index contributed by atoms with van der Waals surface area (Å²) < 4.78 is 5.02. The monoisotopic (exact) mass is 332 g/mol. The minimum atomic E-state index is -0.486. The van der Waals surface area contributed by atoms with Crippen LogP contribution < -0.4 is 5.32 Å². The number of carbonyl (C=O) groups excluding carboxylic acids is 3. The highest BCUT2D eigenvalue weighted by Crippen LogP contribution is 2.19. The van der Waals surface area contributed by atoms with E-state index in [1.807, 2.05) is 44.2 Å². The summed E-state index contributed by atoms with van der Waals surface area (Å²) in [6, 6.07) is 9.90. The topological polar surface area (TPSA) is 75.7 Å². The third kappa shape index (κ3) is 5.37. The van der Waals surface area contributed by atoms with Crippen molar-refractivity contribution in [3.8, 4) is 0 Å². The zero-order valence-electron chi connectivity index (χ0n) is 14.2. The molecule has 1 fully saturated rings. The molecule has 0 radical (unpaired) electrons. The number of likely N-dealkylation sites (tertiary alicyclic amines) is 1. The van der Waals surface area contributed by atoms with Crippen LogP contribution in [0.5, 0.6) is 0 Å². The molecule has 6 heteroatoms. The number of nitrogens with one attached hydrogen (secondary N) is 1. The van der Waals surface area contributed by atoms with Crippen molar-refractivity contribution in [2.45, 2.75) is 32.7 Å². The first-order valence-electron chi connectivity index (χ1n) is 8.23. The Kier molecular flexibility index (Phi) is 6.35. The maximum atomic E-state index is 12.0. The third-order valence-corrected chi connectivity index (χ3v) is 3.86. The largest absolute Gasteiger partial charge is 0.455 e. The zero-order chi connectivity index (χ0) is 17.5. The lowest BCUT2D eigenvalue weighted by molar-refractivity contribution is -0.152. The first kappa shape index (κ1) is 18.0. The van der Waals surface area contributed by atoms with Gasteiger partial charge >= 0.3 is 5.97 Å². The summed E-state index contributed by atoms with van der Waals surface area (Å²) in [7, 11) is 0. The number of nitrogens with zero attached hydrogens (tertiary/aromatic N) is 1. The molecule has 1 aromatic rings. The average molecular weight is 332 g/mol. The number of ether oxygens (including phenoxy) is 1. The van der Waals surface area contributed by atoms with Crippen molar-refractivity contribution in [1.29, 1.82) is 0 Å². The van der Waals surface area contributed by atoms with Gasteiger partial charge in [-0.05, 0) is 25.8 Å². The Morgan fingerprint density at radius 1 is 1.29 bits per heavy atom. The van der Waals surface area contributed by atoms with E-state index in [0.717, 1.165) is 12.0 Å². The van der Waals surface area contributed by atoms with Crippen LogP contribution in [0, 0.1) is 5.92 Å². The molecule has 1 aromatic carbocycles. The van der Waals surface area contributed by atoms with Gasteiger partial charge < -0.3 is 15.0 Å². The second kappa shape index (κ2) is 8.47. The van der Waals surface area contributed by atoms with E-state index in [1.54, 1.807) is 4.90 Å². The number of carbonyl (C=O) groups is 3.